The van der Waals surface area contributed by atoms with Gasteiger partial charge in [-0.1, -0.05) is 29.8 Å². The van der Waals surface area contributed by atoms with E-state index in [9.17, 15) is 23.2 Å². The lowest BCUT2D eigenvalue weighted by Gasteiger charge is -2.10. The van der Waals surface area contributed by atoms with Crippen LogP contribution in [0.1, 0.15) is 15.9 Å². The molecule has 0 aliphatic carbocycles. The number of esters is 1. The molecule has 0 aromatic heterocycles. The summed E-state index contributed by atoms with van der Waals surface area (Å²) in [7, 11) is 0. The van der Waals surface area contributed by atoms with Crippen LogP contribution in [0.5, 0.6) is 0 Å². The van der Waals surface area contributed by atoms with Gasteiger partial charge in [-0.25, -0.2) is 13.6 Å². The molecule has 0 bridgehead atoms. The number of ether oxygens (including phenoxy) is 1. The number of anilines is 2. The zero-order valence-electron chi connectivity index (χ0n) is 17.6. The molecule has 170 valence electrons. The van der Waals surface area contributed by atoms with Crippen LogP contribution in [-0.4, -0.2) is 30.1 Å². The van der Waals surface area contributed by atoms with Crippen molar-refractivity contribution in [1.29, 1.82) is 0 Å². The SMILES string of the molecule is Cc1ccc(NC(=O)CSc2ccccc2C(=O)OCC(=O)Nc2ccc(F)c(F)c2)cc1. The average molecular weight is 470 g/mol. The van der Waals surface area contributed by atoms with Gasteiger partial charge < -0.3 is 15.4 Å². The third-order valence-corrected chi connectivity index (χ3v) is 5.41. The average Bonchev–Trinajstić information content (AvgIpc) is 2.80. The molecule has 3 aromatic rings. The molecular formula is C24H20F2N2O4S. The molecule has 0 fully saturated rings. The number of rotatable bonds is 8. The van der Waals surface area contributed by atoms with Crippen LogP contribution in [0.3, 0.4) is 0 Å². The number of hydrogen-bond donors (Lipinski definition) is 2. The van der Waals surface area contributed by atoms with Gasteiger partial charge in [-0.3, -0.25) is 9.59 Å². The summed E-state index contributed by atoms with van der Waals surface area (Å²) in [6.07, 6.45) is 0. The molecule has 2 N–H and O–H groups in total. The molecule has 0 heterocycles. The Morgan fingerprint density at radius 1 is 0.848 bits per heavy atom. The van der Waals surface area contributed by atoms with Crippen molar-refractivity contribution >= 4 is 40.9 Å². The van der Waals surface area contributed by atoms with Crippen molar-refractivity contribution in [2.24, 2.45) is 0 Å². The van der Waals surface area contributed by atoms with Gasteiger partial charge in [0.15, 0.2) is 18.2 Å². The zero-order chi connectivity index (χ0) is 23.8. The Labute approximate surface area is 193 Å². The highest BCUT2D eigenvalue weighted by atomic mass is 32.2. The lowest BCUT2D eigenvalue weighted by molar-refractivity contribution is -0.119. The van der Waals surface area contributed by atoms with Gasteiger partial charge in [0, 0.05) is 22.3 Å². The van der Waals surface area contributed by atoms with Crippen molar-refractivity contribution in [2.75, 3.05) is 23.0 Å². The second-order valence-corrected chi connectivity index (χ2v) is 7.97. The summed E-state index contributed by atoms with van der Waals surface area (Å²) in [6, 6.07) is 16.8. The first-order valence-corrected chi connectivity index (χ1v) is 10.8. The molecular weight excluding hydrogens is 450 g/mol. The summed E-state index contributed by atoms with van der Waals surface area (Å²) in [4.78, 5) is 37.2. The first-order chi connectivity index (χ1) is 15.8. The molecule has 33 heavy (non-hydrogen) atoms. The van der Waals surface area contributed by atoms with Crippen LogP contribution in [-0.2, 0) is 14.3 Å². The quantitative estimate of drug-likeness (QED) is 0.365. The molecule has 0 aliphatic rings. The molecule has 0 atom stereocenters. The van der Waals surface area contributed by atoms with Crippen LogP contribution in [0.25, 0.3) is 0 Å². The third-order valence-electron chi connectivity index (χ3n) is 4.34. The molecule has 0 radical (unpaired) electrons. The number of hydrogen-bond acceptors (Lipinski definition) is 5. The second-order valence-electron chi connectivity index (χ2n) is 6.95. The smallest absolute Gasteiger partial charge is 0.339 e. The minimum absolute atomic E-state index is 0.0329. The maximum Gasteiger partial charge on any atom is 0.339 e. The van der Waals surface area contributed by atoms with Crippen molar-refractivity contribution in [3.63, 3.8) is 0 Å². The number of aryl methyl sites for hydroxylation is 1. The molecule has 0 spiro atoms. The Morgan fingerprint density at radius 2 is 1.52 bits per heavy atom. The van der Waals surface area contributed by atoms with Gasteiger partial charge in [0.25, 0.3) is 5.91 Å². The largest absolute Gasteiger partial charge is 0.452 e. The van der Waals surface area contributed by atoms with E-state index >= 15 is 0 Å². The Morgan fingerprint density at radius 3 is 2.24 bits per heavy atom. The number of benzene rings is 3. The van der Waals surface area contributed by atoms with Gasteiger partial charge in [-0.2, -0.15) is 0 Å². The Bertz CT molecular complexity index is 1170. The maximum absolute atomic E-state index is 13.2. The van der Waals surface area contributed by atoms with Crippen LogP contribution < -0.4 is 10.6 Å². The first kappa shape index (κ1) is 23.9. The summed E-state index contributed by atoms with van der Waals surface area (Å²) in [5.41, 5.74) is 1.98. The third kappa shape index (κ3) is 7.15. The van der Waals surface area contributed by atoms with E-state index in [1.165, 1.54) is 12.1 Å². The molecule has 2 amide bonds. The lowest BCUT2D eigenvalue weighted by atomic mass is 10.2. The molecule has 6 nitrogen and oxygen atoms in total. The van der Waals surface area contributed by atoms with Gasteiger partial charge in [0.2, 0.25) is 5.91 Å². The number of nitrogens with one attached hydrogen (secondary N) is 2. The number of halogens is 2. The number of amides is 2. The van der Waals surface area contributed by atoms with Gasteiger partial charge in [0.1, 0.15) is 0 Å². The van der Waals surface area contributed by atoms with E-state index in [0.29, 0.717) is 10.6 Å². The topological polar surface area (TPSA) is 84.5 Å². The van der Waals surface area contributed by atoms with Gasteiger partial charge in [-0.15, -0.1) is 11.8 Å². The van der Waals surface area contributed by atoms with E-state index in [2.05, 4.69) is 10.6 Å². The van der Waals surface area contributed by atoms with Crippen LogP contribution in [0.4, 0.5) is 20.2 Å². The van der Waals surface area contributed by atoms with Gasteiger partial charge >= 0.3 is 5.97 Å². The normalized spacial score (nSPS) is 10.4. The fourth-order valence-corrected chi connectivity index (χ4v) is 3.56. The summed E-state index contributed by atoms with van der Waals surface area (Å²) >= 11 is 1.16. The van der Waals surface area contributed by atoms with Gasteiger partial charge in [0.05, 0.1) is 11.3 Å². The maximum atomic E-state index is 13.2. The highest BCUT2D eigenvalue weighted by Gasteiger charge is 2.16. The Hall–Kier alpha value is -3.72. The standard InChI is InChI=1S/C24H20F2N2O4S/c1-15-6-8-16(9-7-15)27-23(30)14-33-21-5-3-2-4-18(21)24(31)32-13-22(29)28-17-10-11-19(25)20(26)12-17/h2-12H,13-14H2,1H3,(H,27,30)(H,28,29). The van der Waals surface area contributed by atoms with Crippen molar-refractivity contribution in [3.05, 3.63) is 89.5 Å². The van der Waals surface area contributed by atoms with Crippen molar-refractivity contribution in [1.82, 2.24) is 0 Å². The van der Waals surface area contributed by atoms with Crippen LogP contribution in [0, 0.1) is 18.6 Å². The van der Waals surface area contributed by atoms with Crippen molar-refractivity contribution in [2.45, 2.75) is 11.8 Å². The van der Waals surface area contributed by atoms with Gasteiger partial charge in [-0.05, 0) is 43.3 Å². The van der Waals surface area contributed by atoms with Crippen molar-refractivity contribution < 1.29 is 27.9 Å². The lowest BCUT2D eigenvalue weighted by Crippen LogP contribution is -2.21. The van der Waals surface area contributed by atoms with E-state index in [4.69, 9.17) is 4.74 Å². The zero-order valence-corrected chi connectivity index (χ0v) is 18.4. The summed E-state index contributed by atoms with van der Waals surface area (Å²) in [6.45, 7) is 1.33. The molecule has 3 aromatic carbocycles. The highest BCUT2D eigenvalue weighted by Crippen LogP contribution is 2.24. The minimum Gasteiger partial charge on any atom is -0.452 e. The van der Waals surface area contributed by atoms with Crippen LogP contribution in [0.2, 0.25) is 0 Å². The van der Waals surface area contributed by atoms with E-state index < -0.39 is 30.1 Å². The molecule has 0 aliphatic heterocycles. The summed E-state index contributed by atoms with van der Waals surface area (Å²) in [5.74, 6) is -3.79. The number of carbonyl (C=O) groups is 3. The summed E-state index contributed by atoms with van der Waals surface area (Å²) in [5, 5.41) is 5.10. The molecule has 0 saturated carbocycles. The Kier molecular flexibility index (Phi) is 8.15. The number of thioether (sulfide) groups is 1. The van der Waals surface area contributed by atoms with E-state index in [0.717, 1.165) is 29.5 Å². The monoisotopic (exact) mass is 470 g/mol. The van der Waals surface area contributed by atoms with Crippen LogP contribution >= 0.6 is 11.8 Å². The fourth-order valence-electron chi connectivity index (χ4n) is 2.72. The van der Waals surface area contributed by atoms with Crippen molar-refractivity contribution in [3.8, 4) is 0 Å². The number of carbonyl (C=O) groups excluding carboxylic acids is 3. The second kappa shape index (κ2) is 11.2. The van der Waals surface area contributed by atoms with E-state index in [1.807, 2.05) is 19.1 Å². The molecule has 0 saturated heterocycles. The molecule has 3 rings (SSSR count). The van der Waals surface area contributed by atoms with E-state index in [-0.39, 0.29) is 22.9 Å². The van der Waals surface area contributed by atoms with E-state index in [1.54, 1.807) is 30.3 Å². The first-order valence-electron chi connectivity index (χ1n) is 9.82. The summed E-state index contributed by atoms with van der Waals surface area (Å²) < 4.78 is 31.2. The van der Waals surface area contributed by atoms with Crippen LogP contribution in [0.15, 0.2) is 71.6 Å². The molecule has 0 unspecified atom stereocenters. The fraction of sp³-hybridized carbons (Fsp3) is 0.125. The minimum atomic E-state index is -1.11. The molecule has 9 heteroatoms. The predicted octanol–water partition coefficient (Wildman–Crippen LogP) is 4.80. The predicted molar refractivity (Wildman–Crippen MR) is 122 cm³/mol. The highest BCUT2D eigenvalue weighted by molar-refractivity contribution is 8.00. The Balaban J connectivity index is 1.53.